The fourth-order valence-corrected chi connectivity index (χ4v) is 3.68. The number of sulfonamides is 1. The molecule has 0 radical (unpaired) electrons. The van der Waals surface area contributed by atoms with Crippen molar-refractivity contribution in [2.24, 2.45) is 4.99 Å². The molecule has 31 heavy (non-hydrogen) atoms. The highest BCUT2D eigenvalue weighted by Crippen LogP contribution is 2.28. The van der Waals surface area contributed by atoms with Crippen LogP contribution < -0.4 is 20.1 Å². The Labute approximate surface area is 205 Å². The van der Waals surface area contributed by atoms with Crippen molar-refractivity contribution >= 4 is 40.0 Å². The Balaban J connectivity index is 0.00000900. The van der Waals surface area contributed by atoms with Crippen LogP contribution in [0.5, 0.6) is 11.5 Å². The average molecular weight is 571 g/mol. The van der Waals surface area contributed by atoms with E-state index in [1.165, 1.54) is 9.87 Å². The molecule has 0 aliphatic rings. The predicted molar refractivity (Wildman–Crippen MR) is 139 cm³/mol. The monoisotopic (exact) mass is 570 g/mol. The van der Waals surface area contributed by atoms with Crippen LogP contribution in [0.4, 0.5) is 0 Å². The van der Waals surface area contributed by atoms with Gasteiger partial charge >= 0.3 is 0 Å². The number of aryl methyl sites for hydroxylation is 1. The molecule has 0 heterocycles. The number of guanidine groups is 1. The molecule has 0 saturated carbocycles. The number of ether oxygens (including phenoxy) is 2. The van der Waals surface area contributed by atoms with Crippen molar-refractivity contribution in [3.05, 3.63) is 23.8 Å². The van der Waals surface area contributed by atoms with Gasteiger partial charge in [0.25, 0.3) is 0 Å². The number of rotatable bonds is 14. The molecule has 0 spiro atoms. The number of benzene rings is 1. The van der Waals surface area contributed by atoms with Crippen molar-refractivity contribution in [1.82, 2.24) is 14.9 Å². The van der Waals surface area contributed by atoms with Crippen molar-refractivity contribution in [1.29, 1.82) is 0 Å². The van der Waals surface area contributed by atoms with Gasteiger partial charge in [0.05, 0.1) is 19.5 Å². The fourth-order valence-electron chi connectivity index (χ4n) is 2.83. The zero-order valence-corrected chi connectivity index (χ0v) is 22.6. The van der Waals surface area contributed by atoms with Crippen LogP contribution in [0.15, 0.2) is 23.2 Å². The summed E-state index contributed by atoms with van der Waals surface area (Å²) in [4.78, 5) is 4.61. The smallest absolute Gasteiger partial charge is 0.213 e. The van der Waals surface area contributed by atoms with Crippen molar-refractivity contribution in [2.45, 2.75) is 40.0 Å². The Kier molecular flexibility index (Phi) is 15.7. The number of nitrogens with zero attached hydrogens (tertiary/aromatic N) is 2. The summed E-state index contributed by atoms with van der Waals surface area (Å²) in [6.07, 6.45) is 2.52. The summed E-state index contributed by atoms with van der Waals surface area (Å²) in [6.45, 7) is 8.84. The van der Waals surface area contributed by atoms with Crippen LogP contribution in [-0.2, 0) is 16.4 Å². The van der Waals surface area contributed by atoms with Crippen molar-refractivity contribution in [3.63, 3.8) is 0 Å². The van der Waals surface area contributed by atoms with Gasteiger partial charge in [-0.2, -0.15) is 0 Å². The predicted octanol–water partition coefficient (Wildman–Crippen LogP) is 2.87. The summed E-state index contributed by atoms with van der Waals surface area (Å²) >= 11 is 0. The van der Waals surface area contributed by atoms with Gasteiger partial charge in [0.15, 0.2) is 17.5 Å². The number of halogens is 1. The van der Waals surface area contributed by atoms with Gasteiger partial charge in [-0.3, -0.25) is 4.99 Å². The molecule has 2 N–H and O–H groups in total. The van der Waals surface area contributed by atoms with E-state index in [-0.39, 0.29) is 29.7 Å². The van der Waals surface area contributed by atoms with Crippen LogP contribution in [-0.4, -0.2) is 71.4 Å². The molecule has 0 unspecified atom stereocenters. The number of aliphatic imine (C=N–C) groups is 1. The molecule has 180 valence electrons. The second-order valence-corrected chi connectivity index (χ2v) is 9.15. The molecule has 0 aliphatic heterocycles. The third-order valence-corrected chi connectivity index (χ3v) is 6.41. The average Bonchev–Trinajstić information content (AvgIpc) is 2.74. The standard InChI is InChI=1S/C21H38N4O4S.HI/c1-6-22-21(24-15-10-16-25(4)30(26,27)8-3)23-14-9-11-18-12-13-19(28-5)20(17-18)29-7-2;/h12-13,17H,6-11,14-16H2,1-5H3,(H2,22,23,24);1H. The summed E-state index contributed by atoms with van der Waals surface area (Å²) in [6, 6.07) is 6.01. The minimum absolute atomic E-state index is 0. The highest BCUT2D eigenvalue weighted by atomic mass is 127. The van der Waals surface area contributed by atoms with Gasteiger partial charge in [-0.05, 0) is 57.7 Å². The summed E-state index contributed by atoms with van der Waals surface area (Å²) in [5.74, 6) is 2.39. The molecule has 0 atom stereocenters. The lowest BCUT2D eigenvalue weighted by atomic mass is 10.1. The zero-order chi connectivity index (χ0) is 22.4. The minimum Gasteiger partial charge on any atom is -0.493 e. The summed E-state index contributed by atoms with van der Waals surface area (Å²) < 4.78 is 35.9. The number of methoxy groups -OCH3 is 1. The van der Waals surface area contributed by atoms with Gasteiger partial charge < -0.3 is 20.1 Å². The van der Waals surface area contributed by atoms with Crippen LogP contribution in [0.2, 0.25) is 0 Å². The molecule has 0 fully saturated rings. The Hall–Kier alpha value is -1.27. The van der Waals surface area contributed by atoms with Crippen LogP contribution in [0, 0.1) is 0 Å². The molecule has 1 aromatic rings. The summed E-state index contributed by atoms with van der Waals surface area (Å²) in [5.41, 5.74) is 1.19. The largest absolute Gasteiger partial charge is 0.493 e. The molecule has 8 nitrogen and oxygen atoms in total. The summed E-state index contributed by atoms with van der Waals surface area (Å²) in [5, 5.41) is 6.49. The SMILES string of the molecule is CCNC(=NCCCc1ccc(OC)c(OCC)c1)NCCCN(C)S(=O)(=O)CC.I. The van der Waals surface area contributed by atoms with E-state index in [0.717, 1.165) is 36.8 Å². The van der Waals surface area contributed by atoms with E-state index >= 15 is 0 Å². The summed E-state index contributed by atoms with van der Waals surface area (Å²) in [7, 11) is 0.139. The van der Waals surface area contributed by atoms with Crippen LogP contribution >= 0.6 is 24.0 Å². The van der Waals surface area contributed by atoms with Gasteiger partial charge in [0, 0.05) is 33.2 Å². The lowest BCUT2D eigenvalue weighted by molar-refractivity contribution is 0.310. The molecule has 0 amide bonds. The maximum Gasteiger partial charge on any atom is 0.213 e. The van der Waals surface area contributed by atoms with E-state index in [9.17, 15) is 8.42 Å². The Morgan fingerprint density at radius 1 is 1.13 bits per heavy atom. The molecular weight excluding hydrogens is 531 g/mol. The minimum atomic E-state index is -3.12. The molecule has 0 saturated heterocycles. The first-order valence-corrected chi connectivity index (χ1v) is 12.2. The van der Waals surface area contributed by atoms with Gasteiger partial charge in [0.1, 0.15) is 0 Å². The van der Waals surface area contributed by atoms with Crippen molar-refractivity contribution < 1.29 is 17.9 Å². The molecule has 10 heteroatoms. The van der Waals surface area contributed by atoms with Gasteiger partial charge in [-0.25, -0.2) is 12.7 Å². The van der Waals surface area contributed by atoms with Gasteiger partial charge in [-0.15, -0.1) is 24.0 Å². The molecule has 1 rings (SSSR count). The fraction of sp³-hybridized carbons (Fsp3) is 0.667. The van der Waals surface area contributed by atoms with E-state index in [1.54, 1.807) is 21.1 Å². The normalized spacial score (nSPS) is 11.7. The molecular formula is C21H39IN4O4S. The van der Waals surface area contributed by atoms with Crippen molar-refractivity contribution in [3.8, 4) is 11.5 Å². The number of nitrogens with one attached hydrogen (secondary N) is 2. The molecule has 0 aromatic heterocycles. The molecule has 0 bridgehead atoms. The van der Waals surface area contributed by atoms with Gasteiger partial charge in [0.2, 0.25) is 10.0 Å². The highest BCUT2D eigenvalue weighted by Gasteiger charge is 2.13. The quantitative estimate of drug-likeness (QED) is 0.155. The highest BCUT2D eigenvalue weighted by molar-refractivity contribution is 14.0. The third kappa shape index (κ3) is 11.2. The second kappa shape index (κ2) is 16.4. The third-order valence-electron chi connectivity index (χ3n) is 4.55. The molecule has 0 aliphatic carbocycles. The van der Waals surface area contributed by atoms with E-state index in [2.05, 4.69) is 21.7 Å². The number of hydrogen-bond acceptors (Lipinski definition) is 5. The van der Waals surface area contributed by atoms with Gasteiger partial charge in [-0.1, -0.05) is 6.07 Å². The van der Waals surface area contributed by atoms with E-state index in [4.69, 9.17) is 9.47 Å². The van der Waals surface area contributed by atoms with E-state index in [1.807, 2.05) is 26.0 Å². The maximum absolute atomic E-state index is 11.8. The lowest BCUT2D eigenvalue weighted by Gasteiger charge is -2.16. The van der Waals surface area contributed by atoms with E-state index in [0.29, 0.717) is 32.7 Å². The first-order valence-electron chi connectivity index (χ1n) is 10.6. The first-order chi connectivity index (χ1) is 14.4. The van der Waals surface area contributed by atoms with Crippen molar-refractivity contribution in [2.75, 3.05) is 52.7 Å². The van der Waals surface area contributed by atoms with E-state index < -0.39 is 10.0 Å². The first kappa shape index (κ1) is 29.7. The Morgan fingerprint density at radius 3 is 2.48 bits per heavy atom. The Morgan fingerprint density at radius 2 is 1.87 bits per heavy atom. The van der Waals surface area contributed by atoms with Crippen LogP contribution in [0.25, 0.3) is 0 Å². The second-order valence-electron chi connectivity index (χ2n) is 6.78. The molecule has 1 aromatic carbocycles. The topological polar surface area (TPSA) is 92.3 Å². The maximum atomic E-state index is 11.8. The van der Waals surface area contributed by atoms with Crippen LogP contribution in [0.1, 0.15) is 39.2 Å². The lowest BCUT2D eigenvalue weighted by Crippen LogP contribution is -2.39. The number of hydrogen-bond donors (Lipinski definition) is 2. The zero-order valence-electron chi connectivity index (χ0n) is 19.4. The Bertz CT molecular complexity index is 760. The van der Waals surface area contributed by atoms with Crippen LogP contribution in [0.3, 0.4) is 0 Å².